The van der Waals surface area contributed by atoms with E-state index < -0.39 is 0 Å². The lowest BCUT2D eigenvalue weighted by molar-refractivity contribution is -0.118. The first-order chi connectivity index (χ1) is 14.8. The van der Waals surface area contributed by atoms with Crippen LogP contribution < -0.4 is 10.1 Å². The van der Waals surface area contributed by atoms with Gasteiger partial charge in [-0.1, -0.05) is 34.8 Å². The van der Waals surface area contributed by atoms with Crippen molar-refractivity contribution in [1.29, 1.82) is 0 Å². The minimum absolute atomic E-state index is 0.228. The second kappa shape index (κ2) is 8.75. The van der Waals surface area contributed by atoms with Gasteiger partial charge in [0, 0.05) is 23.1 Å². The lowest BCUT2D eigenvalue weighted by Crippen LogP contribution is -2.20. The Balaban J connectivity index is 1.48. The molecule has 0 spiro atoms. The van der Waals surface area contributed by atoms with E-state index in [-0.39, 0.29) is 28.3 Å². The van der Waals surface area contributed by atoms with Gasteiger partial charge < -0.3 is 14.5 Å². The van der Waals surface area contributed by atoms with Gasteiger partial charge in [0.15, 0.2) is 17.9 Å². The molecule has 9 heteroatoms. The minimum atomic E-state index is -0.382. The molecule has 31 heavy (non-hydrogen) atoms. The quantitative estimate of drug-likeness (QED) is 0.356. The summed E-state index contributed by atoms with van der Waals surface area (Å²) in [6.07, 6.45) is 3.34. The summed E-state index contributed by atoms with van der Waals surface area (Å²) in [5.41, 5.74) is 3.79. The van der Waals surface area contributed by atoms with Crippen molar-refractivity contribution in [3.05, 3.63) is 68.9 Å². The molecule has 6 nitrogen and oxygen atoms in total. The predicted octanol–water partition coefficient (Wildman–Crippen LogP) is 6.48. The molecule has 0 atom stereocenters. The molecule has 0 fully saturated rings. The van der Waals surface area contributed by atoms with E-state index in [1.54, 1.807) is 50.5 Å². The highest BCUT2D eigenvalue weighted by Gasteiger charge is 2.19. The zero-order chi connectivity index (χ0) is 22.1. The molecular weight excluding hydrogens is 461 g/mol. The van der Waals surface area contributed by atoms with Crippen LogP contribution in [-0.2, 0) is 4.79 Å². The van der Waals surface area contributed by atoms with Gasteiger partial charge >= 0.3 is 0 Å². The number of ether oxygens (including phenoxy) is 1. The van der Waals surface area contributed by atoms with Gasteiger partial charge in [-0.25, -0.2) is 4.98 Å². The molecule has 0 aliphatic rings. The number of oxazole rings is 1. The van der Waals surface area contributed by atoms with Gasteiger partial charge in [0.1, 0.15) is 5.52 Å². The fourth-order valence-electron chi connectivity index (χ4n) is 2.99. The maximum Gasteiger partial charge on any atom is 0.262 e. The van der Waals surface area contributed by atoms with Crippen LogP contribution in [0, 0.1) is 13.8 Å². The normalized spacial score (nSPS) is 11.0. The molecule has 0 aliphatic heterocycles. The number of pyridine rings is 1. The third-order valence-corrected chi connectivity index (χ3v) is 6.12. The van der Waals surface area contributed by atoms with E-state index in [4.69, 9.17) is 44.0 Å². The van der Waals surface area contributed by atoms with E-state index in [9.17, 15) is 4.79 Å². The summed E-state index contributed by atoms with van der Waals surface area (Å²) in [6.45, 7) is 3.24. The van der Waals surface area contributed by atoms with Crippen LogP contribution in [0.1, 0.15) is 11.1 Å². The van der Waals surface area contributed by atoms with E-state index in [1.165, 1.54) is 0 Å². The first kappa shape index (κ1) is 21.4. The summed E-state index contributed by atoms with van der Waals surface area (Å²) < 4.78 is 11.3. The molecule has 158 valence electrons. The summed E-state index contributed by atoms with van der Waals surface area (Å²) in [7, 11) is 0. The number of amides is 1. The molecule has 0 saturated heterocycles. The average Bonchev–Trinajstić information content (AvgIpc) is 3.20. The summed E-state index contributed by atoms with van der Waals surface area (Å²) >= 11 is 18.8. The van der Waals surface area contributed by atoms with Crippen LogP contribution in [0.5, 0.6) is 5.75 Å². The monoisotopic (exact) mass is 475 g/mol. The third-order valence-electron chi connectivity index (χ3n) is 4.64. The highest BCUT2D eigenvalue weighted by Crippen LogP contribution is 2.42. The van der Waals surface area contributed by atoms with Crippen molar-refractivity contribution < 1.29 is 13.9 Å². The summed E-state index contributed by atoms with van der Waals surface area (Å²) in [5, 5.41) is 3.79. The number of nitrogens with zero attached hydrogens (tertiary/aromatic N) is 2. The molecule has 0 saturated carbocycles. The molecule has 2 aromatic heterocycles. The summed E-state index contributed by atoms with van der Waals surface area (Å²) in [4.78, 5) is 20.9. The molecule has 4 rings (SSSR count). The van der Waals surface area contributed by atoms with E-state index >= 15 is 0 Å². The van der Waals surface area contributed by atoms with Crippen LogP contribution in [0.15, 0.2) is 47.1 Å². The van der Waals surface area contributed by atoms with Crippen LogP contribution in [-0.4, -0.2) is 22.5 Å². The van der Waals surface area contributed by atoms with E-state index in [1.807, 2.05) is 6.07 Å². The van der Waals surface area contributed by atoms with Crippen LogP contribution in [0.2, 0.25) is 15.1 Å². The molecular formula is C22H16Cl3N3O3. The second-order valence-corrected chi connectivity index (χ2v) is 7.94. The Morgan fingerprint density at radius 3 is 2.52 bits per heavy atom. The third kappa shape index (κ3) is 4.32. The predicted molar refractivity (Wildman–Crippen MR) is 122 cm³/mol. The summed E-state index contributed by atoms with van der Waals surface area (Å²) in [6, 6.07) is 8.83. The van der Waals surface area contributed by atoms with Gasteiger partial charge in [0.05, 0.1) is 15.6 Å². The minimum Gasteiger partial charge on any atom is -0.481 e. The molecule has 0 aliphatic carbocycles. The Bertz CT molecular complexity index is 1260. The van der Waals surface area contributed by atoms with E-state index in [2.05, 4.69) is 15.3 Å². The van der Waals surface area contributed by atoms with Crippen molar-refractivity contribution in [1.82, 2.24) is 9.97 Å². The molecule has 1 amide bonds. The van der Waals surface area contributed by atoms with Crippen molar-refractivity contribution in [3.63, 3.8) is 0 Å². The number of halogens is 3. The van der Waals surface area contributed by atoms with Crippen molar-refractivity contribution in [2.24, 2.45) is 0 Å². The van der Waals surface area contributed by atoms with Crippen LogP contribution in [0.3, 0.4) is 0 Å². The average molecular weight is 477 g/mol. The van der Waals surface area contributed by atoms with Crippen molar-refractivity contribution in [2.45, 2.75) is 13.8 Å². The van der Waals surface area contributed by atoms with E-state index in [0.29, 0.717) is 38.8 Å². The number of aromatic nitrogens is 2. The molecule has 0 unspecified atom stereocenters. The first-order valence-electron chi connectivity index (χ1n) is 9.22. The van der Waals surface area contributed by atoms with Crippen LogP contribution in [0.4, 0.5) is 5.69 Å². The fourth-order valence-corrected chi connectivity index (χ4v) is 3.81. The number of hydrogen-bond acceptors (Lipinski definition) is 5. The Kier molecular flexibility index (Phi) is 6.05. The standard InChI is InChI=1S/C22H16Cl3N3O3/c1-11-18(23)12(2)20(25)21(19(11)24)30-10-17(29)27-14-5-6-16-15(8-14)28-22(31-16)13-4-3-7-26-9-13/h3-9H,10H2,1-2H3,(H,27,29). The zero-order valence-corrected chi connectivity index (χ0v) is 18.8. The number of carbonyl (C=O) groups is 1. The number of hydrogen-bond donors (Lipinski definition) is 1. The molecule has 0 radical (unpaired) electrons. The number of rotatable bonds is 5. The first-order valence-corrected chi connectivity index (χ1v) is 10.4. The van der Waals surface area contributed by atoms with E-state index in [0.717, 1.165) is 5.56 Å². The molecule has 2 aromatic carbocycles. The Hall–Kier alpha value is -2.80. The van der Waals surface area contributed by atoms with Gasteiger partial charge in [-0.05, 0) is 55.3 Å². The lowest BCUT2D eigenvalue weighted by atomic mass is 10.1. The number of benzene rings is 2. The topological polar surface area (TPSA) is 77.2 Å². The molecule has 4 aromatic rings. The maximum atomic E-state index is 12.4. The number of nitrogens with one attached hydrogen (secondary N) is 1. The number of carbonyl (C=O) groups excluding carboxylic acids is 1. The Labute approximate surface area is 193 Å². The highest BCUT2D eigenvalue weighted by atomic mass is 35.5. The van der Waals surface area contributed by atoms with Gasteiger partial charge in [0.2, 0.25) is 5.89 Å². The number of anilines is 1. The van der Waals surface area contributed by atoms with Crippen molar-refractivity contribution in [2.75, 3.05) is 11.9 Å². The van der Waals surface area contributed by atoms with Crippen molar-refractivity contribution >= 4 is 57.5 Å². The van der Waals surface area contributed by atoms with Crippen LogP contribution >= 0.6 is 34.8 Å². The highest BCUT2D eigenvalue weighted by molar-refractivity contribution is 6.42. The maximum absolute atomic E-state index is 12.4. The Morgan fingerprint density at radius 1 is 1.10 bits per heavy atom. The zero-order valence-electron chi connectivity index (χ0n) is 16.5. The smallest absolute Gasteiger partial charge is 0.262 e. The SMILES string of the molecule is Cc1c(Cl)c(C)c(Cl)c(OCC(=O)Nc2ccc3oc(-c4cccnc4)nc3c2)c1Cl. The summed E-state index contributed by atoms with van der Waals surface area (Å²) in [5.74, 6) is 0.298. The fraction of sp³-hybridized carbons (Fsp3) is 0.136. The molecule has 2 heterocycles. The van der Waals surface area contributed by atoms with Gasteiger partial charge in [0.25, 0.3) is 5.91 Å². The van der Waals surface area contributed by atoms with Crippen molar-refractivity contribution in [3.8, 4) is 17.2 Å². The second-order valence-electron chi connectivity index (χ2n) is 6.80. The largest absolute Gasteiger partial charge is 0.481 e. The lowest BCUT2D eigenvalue weighted by Gasteiger charge is -2.15. The number of fused-ring (bicyclic) bond motifs is 1. The van der Waals surface area contributed by atoms with Crippen LogP contribution in [0.25, 0.3) is 22.6 Å². The van der Waals surface area contributed by atoms with Gasteiger partial charge in [-0.2, -0.15) is 0 Å². The Morgan fingerprint density at radius 2 is 1.84 bits per heavy atom. The van der Waals surface area contributed by atoms with Gasteiger partial charge in [-0.3, -0.25) is 9.78 Å². The molecule has 1 N–H and O–H groups in total. The van der Waals surface area contributed by atoms with Gasteiger partial charge in [-0.15, -0.1) is 0 Å². The molecule has 0 bridgehead atoms.